The van der Waals surface area contributed by atoms with Gasteiger partial charge in [-0.3, -0.25) is 4.79 Å². The second-order valence-corrected chi connectivity index (χ2v) is 3.84. The molecule has 2 N–H and O–H groups in total. The van der Waals surface area contributed by atoms with Crippen LogP contribution in [0.3, 0.4) is 0 Å². The van der Waals surface area contributed by atoms with E-state index in [4.69, 9.17) is 5.73 Å². The first-order valence-corrected chi connectivity index (χ1v) is 5.14. The molecule has 2 rings (SSSR count). The van der Waals surface area contributed by atoms with Crippen molar-refractivity contribution in [2.24, 2.45) is 5.73 Å². The van der Waals surface area contributed by atoms with Crippen LogP contribution in [0.15, 0.2) is 35.8 Å². The van der Waals surface area contributed by atoms with Crippen molar-refractivity contribution in [3.63, 3.8) is 0 Å². The van der Waals surface area contributed by atoms with Gasteiger partial charge in [-0.15, -0.1) is 0 Å². The molecule has 0 aliphatic carbocycles. The zero-order valence-corrected chi connectivity index (χ0v) is 8.53. The van der Waals surface area contributed by atoms with Gasteiger partial charge in [-0.2, -0.15) is 4.73 Å². The molecule has 0 bridgehead atoms. The topological polar surface area (TPSA) is 70.0 Å². The number of carbonyl (C=O) groups excluding carboxylic acids is 1. The van der Waals surface area contributed by atoms with Crippen LogP contribution in [-0.4, -0.2) is 5.91 Å². The fourth-order valence-corrected chi connectivity index (χ4v) is 2.11. The van der Waals surface area contributed by atoms with Gasteiger partial charge >= 0.3 is 0 Å². The number of primary amides is 1. The van der Waals surface area contributed by atoms with Crippen molar-refractivity contribution in [2.45, 2.75) is 0 Å². The average Bonchev–Trinajstić information content (AvgIpc) is 2.64. The third-order valence-electron chi connectivity index (χ3n) is 2.00. The number of hydrogen-bond donors (Lipinski definition) is 1. The number of carbonyl (C=O) groups is 1. The second-order valence-electron chi connectivity index (χ2n) is 2.94. The monoisotopic (exact) mass is 220 g/mol. The van der Waals surface area contributed by atoms with E-state index in [-0.39, 0.29) is 0 Å². The van der Waals surface area contributed by atoms with Crippen molar-refractivity contribution in [2.75, 3.05) is 0 Å². The number of rotatable bonds is 2. The number of benzene rings is 1. The Hall–Kier alpha value is -1.88. The summed E-state index contributed by atoms with van der Waals surface area (Å²) in [5.41, 5.74) is 6.17. The van der Waals surface area contributed by atoms with E-state index in [9.17, 15) is 10.0 Å². The molecule has 0 spiro atoms. The third-order valence-corrected chi connectivity index (χ3v) is 2.88. The molecule has 0 aliphatic rings. The quantitative estimate of drug-likeness (QED) is 0.609. The Balaban J connectivity index is 2.63. The lowest BCUT2D eigenvalue weighted by atomic mass is 10.1. The Kier molecular flexibility index (Phi) is 2.39. The Morgan fingerprint density at radius 2 is 2.13 bits per heavy atom. The molecule has 2 aromatic rings. The number of nitrogens with zero attached hydrogens (tertiary/aromatic N) is 1. The molecule has 1 heterocycles. The smallest absolute Gasteiger partial charge is 0.281 e. The fraction of sp³-hybridized carbons (Fsp3) is 0. The SMILES string of the molecule is NC(=O)c1ccccc1-c1scc[n+]1[O-]. The number of amides is 1. The lowest BCUT2D eigenvalue weighted by molar-refractivity contribution is -0.588. The second kappa shape index (κ2) is 3.70. The maximum absolute atomic E-state index is 11.4. The summed E-state index contributed by atoms with van der Waals surface area (Å²) in [7, 11) is 0. The minimum atomic E-state index is -0.529. The van der Waals surface area contributed by atoms with Crippen molar-refractivity contribution >= 4 is 17.2 Å². The van der Waals surface area contributed by atoms with Crippen LogP contribution in [0.4, 0.5) is 0 Å². The summed E-state index contributed by atoms with van der Waals surface area (Å²) in [6.07, 6.45) is 1.40. The first-order chi connectivity index (χ1) is 7.20. The van der Waals surface area contributed by atoms with Crippen LogP contribution in [0, 0.1) is 5.21 Å². The summed E-state index contributed by atoms with van der Waals surface area (Å²) in [5, 5.41) is 13.5. The predicted molar refractivity (Wildman–Crippen MR) is 57.2 cm³/mol. The number of hydrogen-bond acceptors (Lipinski definition) is 3. The van der Waals surface area contributed by atoms with Gasteiger partial charge in [0, 0.05) is 0 Å². The van der Waals surface area contributed by atoms with Gasteiger partial charge in [-0.25, -0.2) is 0 Å². The van der Waals surface area contributed by atoms with Crippen LogP contribution in [-0.2, 0) is 0 Å². The Bertz CT molecular complexity index is 508. The van der Waals surface area contributed by atoms with E-state index in [1.165, 1.54) is 17.5 Å². The highest BCUT2D eigenvalue weighted by Crippen LogP contribution is 2.23. The number of nitrogens with two attached hydrogens (primary N) is 1. The van der Waals surface area contributed by atoms with Gasteiger partial charge in [0.2, 0.25) is 5.91 Å². The van der Waals surface area contributed by atoms with Gasteiger partial charge in [0.1, 0.15) is 0 Å². The van der Waals surface area contributed by atoms with E-state index in [0.717, 1.165) is 4.73 Å². The molecule has 0 unspecified atom stereocenters. The normalized spacial score (nSPS) is 10.1. The van der Waals surface area contributed by atoms with Crippen molar-refractivity contribution in [1.82, 2.24) is 0 Å². The van der Waals surface area contributed by atoms with Gasteiger partial charge in [-0.05, 0) is 12.1 Å². The summed E-state index contributed by atoms with van der Waals surface area (Å²) < 4.78 is 0.729. The van der Waals surface area contributed by atoms with Crippen molar-refractivity contribution in [1.29, 1.82) is 0 Å². The van der Waals surface area contributed by atoms with Gasteiger partial charge in [0.15, 0.2) is 6.20 Å². The molecule has 0 fully saturated rings. The Morgan fingerprint density at radius 1 is 1.40 bits per heavy atom. The Labute approximate surface area is 90.2 Å². The van der Waals surface area contributed by atoms with Crippen LogP contribution in [0.25, 0.3) is 10.6 Å². The molecule has 0 aliphatic heterocycles. The van der Waals surface area contributed by atoms with Gasteiger partial charge in [-0.1, -0.05) is 23.5 Å². The van der Waals surface area contributed by atoms with Crippen molar-refractivity contribution in [3.8, 4) is 10.6 Å². The van der Waals surface area contributed by atoms with Gasteiger partial charge < -0.3 is 10.9 Å². The van der Waals surface area contributed by atoms with E-state index in [1.54, 1.807) is 29.6 Å². The first kappa shape index (κ1) is 9.67. The lowest BCUT2D eigenvalue weighted by Gasteiger charge is -2.02. The average molecular weight is 220 g/mol. The Morgan fingerprint density at radius 3 is 2.73 bits per heavy atom. The molecule has 1 aromatic carbocycles. The number of aromatic nitrogens is 1. The van der Waals surface area contributed by atoms with Crippen LogP contribution in [0.1, 0.15) is 10.4 Å². The molecule has 0 saturated carbocycles. The van der Waals surface area contributed by atoms with Gasteiger partial charge in [0.25, 0.3) is 5.01 Å². The summed E-state index contributed by atoms with van der Waals surface area (Å²) >= 11 is 1.28. The van der Waals surface area contributed by atoms with E-state index in [2.05, 4.69) is 0 Å². The molecule has 1 aromatic heterocycles. The third kappa shape index (κ3) is 1.69. The molecule has 0 saturated heterocycles. The highest BCUT2D eigenvalue weighted by Gasteiger charge is 2.16. The van der Waals surface area contributed by atoms with E-state index in [0.29, 0.717) is 16.1 Å². The van der Waals surface area contributed by atoms with Crippen LogP contribution >= 0.6 is 11.3 Å². The molecule has 0 radical (unpaired) electrons. The van der Waals surface area contributed by atoms with E-state index < -0.39 is 5.91 Å². The molecular formula is C10H8N2O2S. The number of thiazole rings is 1. The zero-order valence-electron chi connectivity index (χ0n) is 7.71. The maximum atomic E-state index is 11.4. The molecule has 0 atom stereocenters. The molecule has 4 nitrogen and oxygen atoms in total. The van der Waals surface area contributed by atoms with Crippen LogP contribution < -0.4 is 10.5 Å². The standard InChI is InChI=1S/C10H8N2O2S/c11-9(13)7-3-1-2-4-8(7)10-12(14)5-6-15-10/h1-6H,(H2,11,13). The summed E-state index contributed by atoms with van der Waals surface area (Å²) in [6, 6.07) is 6.80. The minimum Gasteiger partial charge on any atom is -0.618 e. The lowest BCUT2D eigenvalue weighted by Crippen LogP contribution is -2.25. The summed E-state index contributed by atoms with van der Waals surface area (Å²) in [4.78, 5) is 11.1. The van der Waals surface area contributed by atoms with E-state index in [1.807, 2.05) is 0 Å². The van der Waals surface area contributed by atoms with Gasteiger partial charge in [0.05, 0.1) is 16.5 Å². The highest BCUT2D eigenvalue weighted by molar-refractivity contribution is 7.12. The summed E-state index contributed by atoms with van der Waals surface area (Å²) in [5.74, 6) is -0.529. The largest absolute Gasteiger partial charge is 0.618 e. The van der Waals surface area contributed by atoms with Crippen LogP contribution in [0.5, 0.6) is 0 Å². The molecule has 15 heavy (non-hydrogen) atoms. The molecule has 5 heteroatoms. The summed E-state index contributed by atoms with van der Waals surface area (Å²) in [6.45, 7) is 0. The molecule has 1 amide bonds. The maximum Gasteiger partial charge on any atom is 0.281 e. The zero-order chi connectivity index (χ0) is 10.8. The molecular weight excluding hydrogens is 212 g/mol. The minimum absolute atomic E-state index is 0.365. The molecule has 76 valence electrons. The van der Waals surface area contributed by atoms with Crippen LogP contribution in [0.2, 0.25) is 0 Å². The van der Waals surface area contributed by atoms with Crippen molar-refractivity contribution < 1.29 is 9.52 Å². The fourth-order valence-electron chi connectivity index (χ4n) is 1.34. The predicted octanol–water partition coefficient (Wildman–Crippen LogP) is 1.15. The highest BCUT2D eigenvalue weighted by atomic mass is 32.1. The first-order valence-electron chi connectivity index (χ1n) is 4.26. The van der Waals surface area contributed by atoms with E-state index >= 15 is 0 Å². The van der Waals surface area contributed by atoms with Crippen molar-refractivity contribution in [3.05, 3.63) is 46.6 Å².